The van der Waals surface area contributed by atoms with Gasteiger partial charge in [0.2, 0.25) is 5.91 Å². The number of hydrogen-bond acceptors (Lipinski definition) is 2. The summed E-state index contributed by atoms with van der Waals surface area (Å²) in [4.78, 5) is 14.1. The van der Waals surface area contributed by atoms with E-state index in [2.05, 4.69) is 5.32 Å². The second kappa shape index (κ2) is 4.90. The summed E-state index contributed by atoms with van der Waals surface area (Å²) >= 11 is 0. The first-order chi connectivity index (χ1) is 9.41. The van der Waals surface area contributed by atoms with Gasteiger partial charge in [-0.25, -0.2) is 0 Å². The molecule has 1 N–H and O–H groups in total. The molecule has 20 heavy (non-hydrogen) atoms. The smallest absolute Gasteiger partial charge is 0.325 e. The number of carbonyl (C=O) groups is 1. The third-order valence-corrected chi connectivity index (χ3v) is 4.89. The average Bonchev–Trinajstić information content (AvgIpc) is 2.83. The molecule has 2 saturated carbocycles. The number of rotatable bonds is 4. The fraction of sp³-hybridized carbons (Fsp3) is 0.929. The van der Waals surface area contributed by atoms with Crippen LogP contribution in [0.4, 0.5) is 13.2 Å². The molecule has 3 aliphatic rings. The van der Waals surface area contributed by atoms with Crippen LogP contribution in [0.2, 0.25) is 0 Å². The summed E-state index contributed by atoms with van der Waals surface area (Å²) in [5.74, 6) is 0.460. The third kappa shape index (κ3) is 2.67. The molecule has 1 spiro atoms. The Bertz CT molecular complexity index is 386. The Hall–Kier alpha value is -0.780. The Balaban J connectivity index is 1.63. The summed E-state index contributed by atoms with van der Waals surface area (Å²) in [6.07, 6.45) is 1.22. The van der Waals surface area contributed by atoms with Crippen molar-refractivity contribution >= 4 is 5.91 Å². The summed E-state index contributed by atoms with van der Waals surface area (Å²) in [6.45, 7) is 0.230. The molecule has 0 aromatic carbocycles. The Kier molecular flexibility index (Phi) is 3.47. The quantitative estimate of drug-likeness (QED) is 0.863. The van der Waals surface area contributed by atoms with Gasteiger partial charge in [0.05, 0.1) is 11.7 Å². The molecule has 3 fully saturated rings. The molecule has 0 bridgehead atoms. The summed E-state index contributed by atoms with van der Waals surface area (Å²) in [5, 5.41) is 3.43. The van der Waals surface area contributed by atoms with Gasteiger partial charge in [-0.2, -0.15) is 13.2 Å². The number of nitrogens with one attached hydrogen (secondary N) is 1. The van der Waals surface area contributed by atoms with E-state index < -0.39 is 18.1 Å². The van der Waals surface area contributed by atoms with Gasteiger partial charge in [-0.3, -0.25) is 10.1 Å². The van der Waals surface area contributed by atoms with Gasteiger partial charge < -0.3 is 4.90 Å². The van der Waals surface area contributed by atoms with Gasteiger partial charge in [0, 0.05) is 13.0 Å². The predicted molar refractivity (Wildman–Crippen MR) is 67.8 cm³/mol. The maximum Gasteiger partial charge on any atom is 0.389 e. The molecule has 0 aromatic rings. The van der Waals surface area contributed by atoms with Gasteiger partial charge >= 0.3 is 6.18 Å². The molecule has 0 aromatic heterocycles. The van der Waals surface area contributed by atoms with Crippen molar-refractivity contribution in [1.29, 1.82) is 0 Å². The minimum absolute atomic E-state index is 0.0101. The first-order valence-electron chi connectivity index (χ1n) is 7.57. The first-order valence-corrected chi connectivity index (χ1v) is 7.57. The maximum atomic E-state index is 12.4. The molecule has 3 nitrogen and oxygen atoms in total. The Morgan fingerprint density at radius 3 is 2.45 bits per heavy atom. The van der Waals surface area contributed by atoms with Crippen LogP contribution in [-0.2, 0) is 4.79 Å². The molecule has 1 saturated heterocycles. The zero-order chi connectivity index (χ0) is 14.4. The Labute approximate surface area is 116 Å². The fourth-order valence-corrected chi connectivity index (χ4v) is 3.64. The van der Waals surface area contributed by atoms with Gasteiger partial charge in [-0.1, -0.05) is 12.8 Å². The number of nitrogens with zero attached hydrogens (tertiary/aromatic N) is 1. The highest BCUT2D eigenvalue weighted by Gasteiger charge is 2.60. The van der Waals surface area contributed by atoms with E-state index >= 15 is 0 Å². The average molecular weight is 290 g/mol. The van der Waals surface area contributed by atoms with Crippen LogP contribution in [-0.4, -0.2) is 35.2 Å². The molecular weight excluding hydrogens is 269 g/mol. The second-order valence-electron chi connectivity index (χ2n) is 6.43. The van der Waals surface area contributed by atoms with Crippen LogP contribution in [0.25, 0.3) is 0 Å². The molecule has 1 atom stereocenters. The summed E-state index contributed by atoms with van der Waals surface area (Å²) in [5.41, 5.74) is -0.411. The summed E-state index contributed by atoms with van der Waals surface area (Å²) in [6, 6.07) is 0. The molecule has 2 aliphatic carbocycles. The van der Waals surface area contributed by atoms with Crippen molar-refractivity contribution in [2.24, 2.45) is 5.92 Å². The van der Waals surface area contributed by atoms with Gasteiger partial charge in [0.25, 0.3) is 0 Å². The van der Waals surface area contributed by atoms with Crippen LogP contribution in [0.3, 0.4) is 0 Å². The maximum absolute atomic E-state index is 12.4. The predicted octanol–water partition coefficient (Wildman–Crippen LogP) is 2.81. The molecule has 1 aliphatic heterocycles. The lowest BCUT2D eigenvalue weighted by Gasteiger charge is -2.29. The first kappa shape index (κ1) is 14.2. The van der Waals surface area contributed by atoms with Crippen LogP contribution in [0.15, 0.2) is 0 Å². The lowest BCUT2D eigenvalue weighted by atomic mass is 10.0. The molecular formula is C14H21F3N2O. The topological polar surface area (TPSA) is 32.3 Å². The molecule has 3 rings (SSSR count). The number of carbonyl (C=O) groups excluding carboxylic acids is 1. The zero-order valence-electron chi connectivity index (χ0n) is 11.5. The van der Waals surface area contributed by atoms with E-state index in [4.69, 9.17) is 0 Å². The lowest BCUT2D eigenvalue weighted by Crippen LogP contribution is -2.43. The van der Waals surface area contributed by atoms with Crippen molar-refractivity contribution in [1.82, 2.24) is 10.2 Å². The second-order valence-corrected chi connectivity index (χ2v) is 6.43. The van der Waals surface area contributed by atoms with Crippen LogP contribution in [0.1, 0.15) is 51.4 Å². The van der Waals surface area contributed by atoms with E-state index in [9.17, 15) is 18.0 Å². The van der Waals surface area contributed by atoms with Crippen molar-refractivity contribution in [2.75, 3.05) is 6.54 Å². The monoisotopic (exact) mass is 290 g/mol. The van der Waals surface area contributed by atoms with E-state index in [1.807, 2.05) is 0 Å². The molecule has 6 heteroatoms. The number of amides is 1. The van der Waals surface area contributed by atoms with Gasteiger partial charge in [-0.05, 0) is 38.0 Å². The van der Waals surface area contributed by atoms with Gasteiger partial charge in [0.15, 0.2) is 0 Å². The SMILES string of the molecule is O=C1N(CCCC(F)(F)F)C(C2CCCC2)NC12CC2. The number of hydrogen-bond donors (Lipinski definition) is 1. The molecule has 1 amide bonds. The fourth-order valence-electron chi connectivity index (χ4n) is 3.64. The standard InChI is InChI=1S/C14H21F3N2O/c15-14(16,17)6-3-9-19-11(10-4-1-2-5-10)18-13(7-8-13)12(19)20/h10-11,18H,1-9H2. The van der Waals surface area contributed by atoms with Gasteiger partial charge in [0.1, 0.15) is 0 Å². The third-order valence-electron chi connectivity index (χ3n) is 4.89. The lowest BCUT2D eigenvalue weighted by molar-refractivity contribution is -0.140. The minimum Gasteiger partial charge on any atom is -0.325 e. The highest BCUT2D eigenvalue weighted by Crippen LogP contribution is 2.45. The number of alkyl halides is 3. The van der Waals surface area contributed by atoms with Crippen LogP contribution in [0.5, 0.6) is 0 Å². The van der Waals surface area contributed by atoms with Crippen molar-refractivity contribution in [3.05, 3.63) is 0 Å². The van der Waals surface area contributed by atoms with Crippen molar-refractivity contribution in [3.8, 4) is 0 Å². The molecule has 0 radical (unpaired) electrons. The highest BCUT2D eigenvalue weighted by molar-refractivity contribution is 5.91. The van der Waals surface area contributed by atoms with Crippen molar-refractivity contribution in [2.45, 2.75) is 69.2 Å². The largest absolute Gasteiger partial charge is 0.389 e. The van der Waals surface area contributed by atoms with Crippen LogP contribution < -0.4 is 5.32 Å². The van der Waals surface area contributed by atoms with E-state index in [-0.39, 0.29) is 25.0 Å². The summed E-state index contributed by atoms with van der Waals surface area (Å²) in [7, 11) is 0. The molecule has 114 valence electrons. The minimum atomic E-state index is -4.13. The Morgan fingerprint density at radius 1 is 1.25 bits per heavy atom. The van der Waals surface area contributed by atoms with Crippen molar-refractivity contribution in [3.63, 3.8) is 0 Å². The normalized spacial score (nSPS) is 29.6. The number of halogens is 3. The van der Waals surface area contributed by atoms with E-state index in [0.29, 0.717) is 5.92 Å². The molecule has 1 unspecified atom stereocenters. The van der Waals surface area contributed by atoms with Crippen LogP contribution in [0, 0.1) is 5.92 Å². The van der Waals surface area contributed by atoms with E-state index in [0.717, 1.165) is 25.7 Å². The summed E-state index contributed by atoms with van der Waals surface area (Å²) < 4.78 is 36.8. The van der Waals surface area contributed by atoms with Crippen molar-refractivity contribution < 1.29 is 18.0 Å². The van der Waals surface area contributed by atoms with E-state index in [1.165, 1.54) is 12.8 Å². The van der Waals surface area contributed by atoms with Gasteiger partial charge in [-0.15, -0.1) is 0 Å². The molecule has 1 heterocycles. The Morgan fingerprint density at radius 2 is 1.90 bits per heavy atom. The van der Waals surface area contributed by atoms with Crippen LogP contribution >= 0.6 is 0 Å². The van der Waals surface area contributed by atoms with E-state index in [1.54, 1.807) is 4.90 Å². The zero-order valence-corrected chi connectivity index (χ0v) is 11.5. The highest BCUT2D eigenvalue weighted by atomic mass is 19.4.